The number of carbonyl (C=O) groups excluding carboxylic acids is 1. The minimum absolute atomic E-state index is 0.108. The molecule has 0 aromatic heterocycles. The van der Waals surface area contributed by atoms with Gasteiger partial charge in [-0.05, 0) is 41.7 Å². The lowest BCUT2D eigenvalue weighted by Crippen LogP contribution is -2.29. The molecule has 0 unspecified atom stereocenters. The van der Waals surface area contributed by atoms with E-state index < -0.39 is 10.9 Å². The summed E-state index contributed by atoms with van der Waals surface area (Å²) in [5.41, 5.74) is 1.31. The minimum atomic E-state index is -0.504. The molecule has 0 saturated heterocycles. The van der Waals surface area contributed by atoms with Crippen molar-refractivity contribution in [1.29, 1.82) is 0 Å². The van der Waals surface area contributed by atoms with Gasteiger partial charge in [-0.15, -0.1) is 0 Å². The summed E-state index contributed by atoms with van der Waals surface area (Å²) in [6.07, 6.45) is 3.63. The largest absolute Gasteiger partial charge is 0.458 e. The van der Waals surface area contributed by atoms with Crippen LogP contribution in [0, 0.1) is 10.1 Å². The average Bonchev–Trinajstić information content (AvgIpc) is 2.74. The van der Waals surface area contributed by atoms with Gasteiger partial charge >= 0.3 is 5.97 Å². The van der Waals surface area contributed by atoms with Gasteiger partial charge in [-0.1, -0.05) is 55.0 Å². The van der Waals surface area contributed by atoms with Crippen molar-refractivity contribution in [2.75, 3.05) is 0 Å². The molecule has 1 aliphatic rings. The van der Waals surface area contributed by atoms with Crippen LogP contribution in [0.5, 0.6) is 0 Å². The smallest absolute Gasteiger partial charge is 0.338 e. The Morgan fingerprint density at radius 1 is 0.964 bits per heavy atom. The van der Waals surface area contributed by atoms with Crippen molar-refractivity contribution in [3.05, 3.63) is 88.0 Å². The number of nitrogens with zero attached hydrogens (tertiary/aromatic N) is 1. The molecule has 0 radical (unpaired) electrons. The first-order valence-corrected chi connectivity index (χ1v) is 9.56. The zero-order valence-electron chi connectivity index (χ0n) is 15.4. The van der Waals surface area contributed by atoms with Gasteiger partial charge in [0.25, 0.3) is 5.69 Å². The van der Waals surface area contributed by atoms with Crippen molar-refractivity contribution in [3.8, 4) is 0 Å². The molecule has 4 rings (SSSR count). The van der Waals surface area contributed by atoms with E-state index in [9.17, 15) is 14.9 Å². The van der Waals surface area contributed by atoms with Gasteiger partial charge in [-0.2, -0.15) is 0 Å². The van der Waals surface area contributed by atoms with Crippen molar-refractivity contribution in [3.63, 3.8) is 0 Å². The number of esters is 1. The minimum Gasteiger partial charge on any atom is -0.458 e. The van der Waals surface area contributed by atoms with E-state index in [1.807, 2.05) is 18.2 Å². The Morgan fingerprint density at radius 3 is 2.57 bits per heavy atom. The Bertz CT molecular complexity index is 1020. The fourth-order valence-corrected chi connectivity index (χ4v) is 4.12. The highest BCUT2D eigenvalue weighted by Crippen LogP contribution is 2.38. The molecule has 0 N–H and O–H groups in total. The summed E-state index contributed by atoms with van der Waals surface area (Å²) in [7, 11) is 0. The second-order valence-corrected chi connectivity index (χ2v) is 7.21. The van der Waals surface area contributed by atoms with Gasteiger partial charge < -0.3 is 4.74 Å². The van der Waals surface area contributed by atoms with Gasteiger partial charge in [0.2, 0.25) is 0 Å². The van der Waals surface area contributed by atoms with Gasteiger partial charge in [0.15, 0.2) is 0 Å². The first kappa shape index (κ1) is 18.2. The summed E-state index contributed by atoms with van der Waals surface area (Å²) in [6.45, 7) is 0. The first-order chi connectivity index (χ1) is 13.6. The standard InChI is InChI=1S/C23H21NO4/c25-23(17-9-5-10-18(15-17)24(26)27)28-22-14-4-3-12-21(22)20-13-6-8-16-7-1-2-11-19(16)20/h1-2,5-11,13,15,21-22H,3-4,12,14H2/t21-,22-/m1/s1. The van der Waals surface area contributed by atoms with E-state index >= 15 is 0 Å². The van der Waals surface area contributed by atoms with E-state index in [1.165, 1.54) is 34.5 Å². The van der Waals surface area contributed by atoms with Crippen LogP contribution in [0.25, 0.3) is 10.8 Å². The number of ether oxygens (including phenoxy) is 1. The number of carbonyl (C=O) groups is 1. The highest BCUT2D eigenvalue weighted by molar-refractivity contribution is 5.90. The van der Waals surface area contributed by atoms with Crippen LogP contribution in [0.2, 0.25) is 0 Å². The summed E-state index contributed by atoms with van der Waals surface area (Å²) in [5, 5.41) is 13.3. The quantitative estimate of drug-likeness (QED) is 0.336. The maximum absolute atomic E-state index is 12.7. The van der Waals surface area contributed by atoms with Crippen LogP contribution in [0.4, 0.5) is 5.69 Å². The van der Waals surface area contributed by atoms with E-state index in [0.29, 0.717) is 0 Å². The van der Waals surface area contributed by atoms with Crippen LogP contribution in [-0.4, -0.2) is 17.0 Å². The molecular weight excluding hydrogens is 354 g/mol. The Kier molecular flexibility index (Phi) is 5.06. The van der Waals surface area contributed by atoms with Crippen molar-refractivity contribution in [1.82, 2.24) is 0 Å². The van der Waals surface area contributed by atoms with Crippen LogP contribution in [0.1, 0.15) is 47.5 Å². The van der Waals surface area contributed by atoms with Gasteiger partial charge in [-0.25, -0.2) is 4.79 Å². The molecule has 5 nitrogen and oxygen atoms in total. The number of non-ortho nitro benzene ring substituents is 1. The molecule has 1 saturated carbocycles. The molecule has 0 aliphatic heterocycles. The number of benzene rings is 3. The van der Waals surface area contributed by atoms with E-state index in [-0.39, 0.29) is 23.3 Å². The molecule has 0 heterocycles. The Labute approximate surface area is 163 Å². The van der Waals surface area contributed by atoms with E-state index in [1.54, 1.807) is 6.07 Å². The molecule has 2 atom stereocenters. The van der Waals surface area contributed by atoms with Gasteiger partial charge in [-0.3, -0.25) is 10.1 Å². The van der Waals surface area contributed by atoms with Crippen molar-refractivity contribution >= 4 is 22.4 Å². The fraction of sp³-hybridized carbons (Fsp3) is 0.261. The zero-order valence-corrected chi connectivity index (χ0v) is 15.4. The molecule has 0 spiro atoms. The lowest BCUT2D eigenvalue weighted by molar-refractivity contribution is -0.384. The molecule has 28 heavy (non-hydrogen) atoms. The topological polar surface area (TPSA) is 69.4 Å². The lowest BCUT2D eigenvalue weighted by atomic mass is 9.80. The third-order valence-corrected chi connectivity index (χ3v) is 5.48. The summed E-state index contributed by atoms with van der Waals surface area (Å²) >= 11 is 0. The number of hydrogen-bond acceptors (Lipinski definition) is 4. The fourth-order valence-electron chi connectivity index (χ4n) is 4.12. The number of hydrogen-bond donors (Lipinski definition) is 0. The zero-order chi connectivity index (χ0) is 19.5. The molecule has 1 aliphatic carbocycles. The highest BCUT2D eigenvalue weighted by atomic mass is 16.6. The number of nitro groups is 1. The molecule has 1 fully saturated rings. The summed E-state index contributed by atoms with van der Waals surface area (Å²) in [5.74, 6) is -0.372. The monoisotopic (exact) mass is 375 g/mol. The van der Waals surface area contributed by atoms with E-state index in [4.69, 9.17) is 4.74 Å². The Hall–Kier alpha value is -3.21. The second-order valence-electron chi connectivity index (χ2n) is 7.21. The van der Waals surface area contributed by atoms with Gasteiger partial charge in [0.1, 0.15) is 6.10 Å². The van der Waals surface area contributed by atoms with E-state index in [2.05, 4.69) is 24.3 Å². The van der Waals surface area contributed by atoms with Crippen LogP contribution in [-0.2, 0) is 4.74 Å². The summed E-state index contributed by atoms with van der Waals surface area (Å²) in [4.78, 5) is 23.2. The van der Waals surface area contributed by atoms with Crippen LogP contribution in [0.3, 0.4) is 0 Å². The SMILES string of the molecule is O=C(O[C@@H]1CCCC[C@@H]1c1cccc2ccccc12)c1cccc([N+](=O)[O-])c1. The molecule has 0 amide bonds. The maximum atomic E-state index is 12.7. The number of fused-ring (bicyclic) bond motifs is 1. The Morgan fingerprint density at radius 2 is 1.71 bits per heavy atom. The molecule has 5 heteroatoms. The van der Waals surface area contributed by atoms with Crippen LogP contribution >= 0.6 is 0 Å². The van der Waals surface area contributed by atoms with Crippen LogP contribution < -0.4 is 0 Å². The molecule has 3 aromatic carbocycles. The molecule has 3 aromatic rings. The third kappa shape index (κ3) is 3.60. The summed E-state index contributed by atoms with van der Waals surface area (Å²) in [6, 6.07) is 20.2. The maximum Gasteiger partial charge on any atom is 0.338 e. The summed E-state index contributed by atoms with van der Waals surface area (Å²) < 4.78 is 5.87. The lowest BCUT2D eigenvalue weighted by Gasteiger charge is -2.32. The van der Waals surface area contributed by atoms with Crippen molar-refractivity contribution in [2.45, 2.75) is 37.7 Å². The van der Waals surface area contributed by atoms with Crippen molar-refractivity contribution < 1.29 is 14.5 Å². The number of rotatable bonds is 4. The van der Waals surface area contributed by atoms with Crippen molar-refractivity contribution in [2.24, 2.45) is 0 Å². The van der Waals surface area contributed by atoms with Crippen LogP contribution in [0.15, 0.2) is 66.7 Å². The second kappa shape index (κ2) is 7.80. The molecule has 142 valence electrons. The normalized spacial score (nSPS) is 19.3. The van der Waals surface area contributed by atoms with Gasteiger partial charge in [0.05, 0.1) is 10.5 Å². The average molecular weight is 375 g/mol. The van der Waals surface area contributed by atoms with E-state index in [0.717, 1.165) is 25.7 Å². The molecule has 0 bridgehead atoms. The number of nitro benzene ring substituents is 1. The molecular formula is C23H21NO4. The first-order valence-electron chi connectivity index (χ1n) is 9.56. The predicted molar refractivity (Wildman–Crippen MR) is 107 cm³/mol. The highest BCUT2D eigenvalue weighted by Gasteiger charge is 2.31. The third-order valence-electron chi connectivity index (χ3n) is 5.48. The predicted octanol–water partition coefficient (Wildman–Crippen LogP) is 5.63. The Balaban J connectivity index is 1.62. The van der Waals surface area contributed by atoms with Gasteiger partial charge in [0, 0.05) is 18.1 Å².